The highest BCUT2D eigenvalue weighted by Gasteiger charge is 2.33. The molecule has 28 heavy (non-hydrogen) atoms. The molecule has 0 atom stereocenters. The van der Waals surface area contributed by atoms with Gasteiger partial charge in [0.05, 0.1) is 5.92 Å². The molecule has 0 amide bonds. The number of carbonyl (C=O) groups excluding carboxylic acids is 1. The van der Waals surface area contributed by atoms with E-state index in [9.17, 15) is 9.90 Å². The summed E-state index contributed by atoms with van der Waals surface area (Å²) in [4.78, 5) is 12.7. The Labute approximate surface area is 169 Å². The number of esters is 1. The molecular formula is C25H36O3. The van der Waals surface area contributed by atoms with E-state index < -0.39 is 0 Å². The highest BCUT2D eigenvalue weighted by atomic mass is 16.5. The van der Waals surface area contributed by atoms with Crippen molar-refractivity contribution in [1.29, 1.82) is 0 Å². The smallest absolute Gasteiger partial charge is 0.309 e. The van der Waals surface area contributed by atoms with Gasteiger partial charge in [-0.15, -0.1) is 0 Å². The molecular weight excluding hydrogens is 348 g/mol. The van der Waals surface area contributed by atoms with Gasteiger partial charge in [0.25, 0.3) is 0 Å². The summed E-state index contributed by atoms with van der Waals surface area (Å²) < 4.78 is 5.94. The Hall–Kier alpha value is -1.51. The molecule has 0 saturated heterocycles. The average molecular weight is 385 g/mol. The van der Waals surface area contributed by atoms with Crippen molar-refractivity contribution in [3.8, 4) is 5.75 Å². The van der Waals surface area contributed by atoms with E-state index in [0.717, 1.165) is 50.4 Å². The second kappa shape index (κ2) is 9.33. The minimum Gasteiger partial charge on any atom is -0.508 e. The highest BCUT2D eigenvalue weighted by Crippen LogP contribution is 2.41. The zero-order chi connectivity index (χ0) is 19.3. The summed E-state index contributed by atoms with van der Waals surface area (Å²) in [5.41, 5.74) is 1.30. The molecule has 0 aliphatic heterocycles. The van der Waals surface area contributed by atoms with Gasteiger partial charge in [0.2, 0.25) is 0 Å². The number of phenolic OH excluding ortho intramolecular Hbond substituents is 1. The quantitative estimate of drug-likeness (QED) is 0.615. The number of hydrogen-bond acceptors (Lipinski definition) is 3. The first-order valence-electron chi connectivity index (χ1n) is 11.7. The van der Waals surface area contributed by atoms with Crippen LogP contribution in [0.4, 0.5) is 0 Å². The van der Waals surface area contributed by atoms with Crippen LogP contribution in [0.3, 0.4) is 0 Å². The lowest BCUT2D eigenvalue weighted by Crippen LogP contribution is -2.31. The second-order valence-electron chi connectivity index (χ2n) is 9.51. The van der Waals surface area contributed by atoms with Crippen LogP contribution in [0.5, 0.6) is 5.75 Å². The first-order valence-corrected chi connectivity index (χ1v) is 11.7. The Morgan fingerprint density at radius 2 is 1.36 bits per heavy atom. The number of hydrogen-bond donors (Lipinski definition) is 1. The molecule has 0 spiro atoms. The van der Waals surface area contributed by atoms with Crippen LogP contribution < -0.4 is 0 Å². The fraction of sp³-hybridized carbons (Fsp3) is 0.720. The summed E-state index contributed by atoms with van der Waals surface area (Å²) in [6.45, 7) is 0. The van der Waals surface area contributed by atoms with Gasteiger partial charge < -0.3 is 9.84 Å². The lowest BCUT2D eigenvalue weighted by Gasteiger charge is -2.36. The predicted octanol–water partition coefficient (Wildman–Crippen LogP) is 6.35. The minimum atomic E-state index is 0.0789. The van der Waals surface area contributed by atoms with Crippen LogP contribution in [0.25, 0.3) is 0 Å². The van der Waals surface area contributed by atoms with Crippen LogP contribution in [0, 0.1) is 17.8 Å². The summed E-state index contributed by atoms with van der Waals surface area (Å²) >= 11 is 0. The van der Waals surface area contributed by atoms with Crippen molar-refractivity contribution in [1.82, 2.24) is 0 Å². The van der Waals surface area contributed by atoms with Crippen molar-refractivity contribution < 1.29 is 14.6 Å². The molecule has 1 aromatic rings. The number of carbonyl (C=O) groups is 1. The fourth-order valence-electron chi connectivity index (χ4n) is 5.95. The van der Waals surface area contributed by atoms with Crippen molar-refractivity contribution in [3.63, 3.8) is 0 Å². The number of phenols is 1. The van der Waals surface area contributed by atoms with Crippen LogP contribution >= 0.6 is 0 Å². The Kier molecular flexibility index (Phi) is 6.59. The fourth-order valence-corrected chi connectivity index (χ4v) is 5.95. The van der Waals surface area contributed by atoms with E-state index in [4.69, 9.17) is 4.74 Å². The maximum Gasteiger partial charge on any atom is 0.309 e. The van der Waals surface area contributed by atoms with Crippen LogP contribution in [0.15, 0.2) is 24.3 Å². The molecule has 3 saturated carbocycles. The maximum absolute atomic E-state index is 12.7. The third-order valence-electron chi connectivity index (χ3n) is 7.74. The molecule has 3 fully saturated rings. The summed E-state index contributed by atoms with van der Waals surface area (Å²) in [5.74, 6) is 2.88. The van der Waals surface area contributed by atoms with Crippen molar-refractivity contribution >= 4 is 5.97 Å². The van der Waals surface area contributed by atoms with Gasteiger partial charge in [0, 0.05) is 0 Å². The largest absolute Gasteiger partial charge is 0.508 e. The average Bonchev–Trinajstić information content (AvgIpc) is 2.76. The molecule has 3 aliphatic carbocycles. The van der Waals surface area contributed by atoms with E-state index in [-0.39, 0.29) is 18.0 Å². The number of ether oxygens (including phenoxy) is 1. The second-order valence-corrected chi connectivity index (χ2v) is 9.51. The van der Waals surface area contributed by atoms with Gasteiger partial charge in [0.15, 0.2) is 0 Å². The maximum atomic E-state index is 12.7. The van der Waals surface area contributed by atoms with Gasteiger partial charge in [-0.3, -0.25) is 4.79 Å². The monoisotopic (exact) mass is 384 g/mol. The van der Waals surface area contributed by atoms with Crippen molar-refractivity contribution in [3.05, 3.63) is 29.8 Å². The SMILES string of the molecule is O=C(OC1CCC(c2ccc(O)cc2)CC1)C1CCC(C2CCCCC2)CC1. The minimum absolute atomic E-state index is 0.0789. The lowest BCUT2D eigenvalue weighted by atomic mass is 9.71. The van der Waals surface area contributed by atoms with Crippen LogP contribution in [0.1, 0.15) is 95.0 Å². The molecule has 3 heteroatoms. The zero-order valence-corrected chi connectivity index (χ0v) is 17.2. The van der Waals surface area contributed by atoms with E-state index in [1.807, 2.05) is 12.1 Å². The Morgan fingerprint density at radius 3 is 2.00 bits per heavy atom. The van der Waals surface area contributed by atoms with Crippen LogP contribution in [-0.4, -0.2) is 17.2 Å². The molecule has 1 N–H and O–H groups in total. The predicted molar refractivity (Wildman–Crippen MR) is 111 cm³/mol. The van der Waals surface area contributed by atoms with E-state index in [1.54, 1.807) is 12.1 Å². The molecule has 3 nitrogen and oxygen atoms in total. The number of rotatable bonds is 4. The Bertz CT molecular complexity index is 616. The molecule has 0 unspecified atom stereocenters. The molecule has 0 radical (unpaired) electrons. The third-order valence-corrected chi connectivity index (χ3v) is 7.74. The molecule has 0 bridgehead atoms. The summed E-state index contributed by atoms with van der Waals surface area (Å²) in [5, 5.41) is 9.45. The third kappa shape index (κ3) is 4.90. The van der Waals surface area contributed by atoms with Gasteiger partial charge in [0.1, 0.15) is 11.9 Å². The van der Waals surface area contributed by atoms with Gasteiger partial charge in [-0.25, -0.2) is 0 Å². The highest BCUT2D eigenvalue weighted by molar-refractivity contribution is 5.72. The van der Waals surface area contributed by atoms with E-state index >= 15 is 0 Å². The molecule has 3 aliphatic rings. The summed E-state index contributed by atoms with van der Waals surface area (Å²) in [6.07, 6.45) is 15.8. The molecule has 0 heterocycles. The molecule has 154 valence electrons. The van der Waals surface area contributed by atoms with Crippen LogP contribution in [-0.2, 0) is 9.53 Å². The molecule has 1 aromatic carbocycles. The van der Waals surface area contributed by atoms with Crippen LogP contribution in [0.2, 0.25) is 0 Å². The molecule has 4 rings (SSSR count). The van der Waals surface area contributed by atoms with E-state index in [2.05, 4.69) is 0 Å². The van der Waals surface area contributed by atoms with Crippen molar-refractivity contribution in [2.75, 3.05) is 0 Å². The molecule has 0 aromatic heterocycles. The van der Waals surface area contributed by atoms with Gasteiger partial charge in [-0.1, -0.05) is 44.2 Å². The number of benzene rings is 1. The van der Waals surface area contributed by atoms with Gasteiger partial charge in [-0.05, 0) is 86.8 Å². The first-order chi connectivity index (χ1) is 13.7. The Balaban J connectivity index is 1.19. The van der Waals surface area contributed by atoms with E-state index in [1.165, 1.54) is 50.5 Å². The lowest BCUT2D eigenvalue weighted by molar-refractivity contribution is -0.157. The van der Waals surface area contributed by atoms with Crippen molar-refractivity contribution in [2.24, 2.45) is 17.8 Å². The summed E-state index contributed by atoms with van der Waals surface area (Å²) in [7, 11) is 0. The normalized spacial score (nSPS) is 32.0. The standard InChI is InChI=1S/C25H36O3/c26-23-14-10-20(11-15-23)21-12-16-24(17-13-21)28-25(27)22-8-6-19(7-9-22)18-4-2-1-3-5-18/h10-11,14-15,18-19,21-22,24,26H,1-9,12-13,16-17H2. The topological polar surface area (TPSA) is 46.5 Å². The van der Waals surface area contributed by atoms with E-state index in [0.29, 0.717) is 11.7 Å². The van der Waals surface area contributed by atoms with Gasteiger partial charge >= 0.3 is 5.97 Å². The number of aromatic hydroxyl groups is 1. The van der Waals surface area contributed by atoms with Crippen molar-refractivity contribution in [2.45, 2.75) is 95.5 Å². The summed E-state index contributed by atoms with van der Waals surface area (Å²) in [6, 6.07) is 7.59. The van der Waals surface area contributed by atoms with Gasteiger partial charge in [-0.2, -0.15) is 0 Å². The Morgan fingerprint density at radius 1 is 0.750 bits per heavy atom. The zero-order valence-electron chi connectivity index (χ0n) is 17.2. The first kappa shape index (κ1) is 19.8.